The van der Waals surface area contributed by atoms with E-state index in [-0.39, 0.29) is 17.0 Å². The molecular weight excluding hydrogens is 267 g/mol. The van der Waals surface area contributed by atoms with E-state index in [1.165, 1.54) is 0 Å². The van der Waals surface area contributed by atoms with E-state index in [1.807, 2.05) is 0 Å². The van der Waals surface area contributed by atoms with Gasteiger partial charge in [-0.05, 0) is 31.0 Å². The Morgan fingerprint density at radius 1 is 1.37 bits per heavy atom. The number of hydrogen-bond acceptors (Lipinski definition) is 3. The molecule has 0 radical (unpaired) electrons. The summed E-state index contributed by atoms with van der Waals surface area (Å²) in [6.45, 7) is 0.253. The van der Waals surface area contributed by atoms with Crippen molar-refractivity contribution in [2.75, 3.05) is 6.54 Å². The number of unbranched alkanes of at least 4 members (excludes halogenated alkanes) is 2. The smallest absolute Gasteiger partial charge is 0.211 e. The highest BCUT2D eigenvalue weighted by Gasteiger charge is 2.15. The van der Waals surface area contributed by atoms with E-state index in [2.05, 4.69) is 10.6 Å². The Morgan fingerprint density at radius 3 is 2.74 bits per heavy atom. The van der Waals surface area contributed by atoms with Gasteiger partial charge in [-0.2, -0.15) is 5.26 Å². The van der Waals surface area contributed by atoms with Crippen molar-refractivity contribution in [2.45, 2.75) is 24.2 Å². The molecule has 0 atom stereocenters. The van der Waals surface area contributed by atoms with Crippen LogP contribution in [0.2, 0.25) is 0 Å². The number of halogens is 1. The van der Waals surface area contributed by atoms with E-state index < -0.39 is 15.8 Å². The average Bonchev–Trinajstić information content (AvgIpc) is 2.38. The lowest BCUT2D eigenvalue weighted by Crippen LogP contribution is -2.24. The molecule has 0 saturated carbocycles. The van der Waals surface area contributed by atoms with Crippen molar-refractivity contribution in [1.29, 1.82) is 5.26 Å². The monoisotopic (exact) mass is 280 g/mol. The van der Waals surface area contributed by atoms with Crippen LogP contribution < -0.4 is 4.72 Å². The molecule has 0 heterocycles. The summed E-state index contributed by atoms with van der Waals surface area (Å²) in [6, 6.07) is 4.70. The van der Waals surface area contributed by atoms with Crippen LogP contribution in [-0.2, 0) is 10.0 Å². The number of nitrogens with zero attached hydrogens (tertiary/aromatic N) is 1. The number of terminal acetylenes is 1. The summed E-state index contributed by atoms with van der Waals surface area (Å²) in [7, 11) is -3.72. The highest BCUT2D eigenvalue weighted by Crippen LogP contribution is 2.14. The summed E-state index contributed by atoms with van der Waals surface area (Å²) in [5.74, 6) is 1.72. The van der Waals surface area contributed by atoms with Crippen LogP contribution >= 0.6 is 0 Å². The van der Waals surface area contributed by atoms with E-state index >= 15 is 0 Å². The van der Waals surface area contributed by atoms with E-state index in [9.17, 15) is 12.8 Å². The Balaban J connectivity index is 2.73. The van der Waals surface area contributed by atoms with Gasteiger partial charge in [0.25, 0.3) is 0 Å². The molecule has 0 aliphatic rings. The van der Waals surface area contributed by atoms with Crippen LogP contribution in [0.4, 0.5) is 4.39 Å². The minimum atomic E-state index is -3.72. The quantitative estimate of drug-likeness (QED) is 0.638. The normalized spacial score (nSPS) is 10.7. The van der Waals surface area contributed by atoms with Gasteiger partial charge in [0, 0.05) is 13.0 Å². The fourth-order valence-corrected chi connectivity index (χ4v) is 2.50. The van der Waals surface area contributed by atoms with Crippen molar-refractivity contribution < 1.29 is 12.8 Å². The molecule has 1 aromatic carbocycles. The van der Waals surface area contributed by atoms with Gasteiger partial charge < -0.3 is 0 Å². The highest BCUT2D eigenvalue weighted by atomic mass is 32.2. The lowest BCUT2D eigenvalue weighted by Gasteiger charge is -2.06. The van der Waals surface area contributed by atoms with Gasteiger partial charge in [0.1, 0.15) is 11.9 Å². The fourth-order valence-electron chi connectivity index (χ4n) is 1.40. The SMILES string of the molecule is C#CCCCCNS(=O)(=O)c1ccc(F)c(C#N)c1. The third kappa shape index (κ3) is 4.36. The van der Waals surface area contributed by atoms with Crippen LogP contribution in [0.15, 0.2) is 23.1 Å². The summed E-state index contributed by atoms with van der Waals surface area (Å²) in [5, 5.41) is 8.66. The molecule has 1 aromatic rings. The van der Waals surface area contributed by atoms with E-state index in [4.69, 9.17) is 11.7 Å². The minimum absolute atomic E-state index is 0.123. The number of nitrogens with one attached hydrogen (secondary N) is 1. The zero-order valence-electron chi connectivity index (χ0n) is 10.2. The van der Waals surface area contributed by atoms with Gasteiger partial charge in [-0.15, -0.1) is 12.3 Å². The van der Waals surface area contributed by atoms with Crippen LogP contribution in [0.1, 0.15) is 24.8 Å². The molecule has 4 nitrogen and oxygen atoms in total. The van der Waals surface area contributed by atoms with Crippen LogP contribution in [0.25, 0.3) is 0 Å². The highest BCUT2D eigenvalue weighted by molar-refractivity contribution is 7.89. The molecule has 0 saturated heterocycles. The van der Waals surface area contributed by atoms with Gasteiger partial charge in [-0.25, -0.2) is 17.5 Å². The molecular formula is C13H13FN2O2S. The Hall–Kier alpha value is -1.89. The number of hydrogen-bond donors (Lipinski definition) is 1. The van der Waals surface area contributed by atoms with E-state index in [0.717, 1.165) is 24.6 Å². The van der Waals surface area contributed by atoms with Crippen molar-refractivity contribution in [3.63, 3.8) is 0 Å². The molecule has 0 spiro atoms. The van der Waals surface area contributed by atoms with Gasteiger partial charge in [-0.3, -0.25) is 0 Å². The molecule has 0 aliphatic heterocycles. The van der Waals surface area contributed by atoms with Gasteiger partial charge in [-0.1, -0.05) is 0 Å². The Morgan fingerprint density at radius 2 is 2.11 bits per heavy atom. The minimum Gasteiger partial charge on any atom is -0.211 e. The van der Waals surface area contributed by atoms with E-state index in [0.29, 0.717) is 12.8 Å². The Bertz CT molecular complexity index is 627. The van der Waals surface area contributed by atoms with Crippen molar-refractivity contribution in [2.24, 2.45) is 0 Å². The largest absolute Gasteiger partial charge is 0.240 e. The first-order valence-electron chi connectivity index (χ1n) is 5.64. The topological polar surface area (TPSA) is 70.0 Å². The summed E-state index contributed by atoms with van der Waals surface area (Å²) >= 11 is 0. The molecule has 1 rings (SSSR count). The maximum Gasteiger partial charge on any atom is 0.240 e. The third-order valence-corrected chi connectivity index (χ3v) is 3.87. The van der Waals surface area contributed by atoms with E-state index in [1.54, 1.807) is 6.07 Å². The van der Waals surface area contributed by atoms with Crippen molar-refractivity contribution in [3.05, 3.63) is 29.6 Å². The second-order valence-corrected chi connectivity index (χ2v) is 5.58. The second-order valence-electron chi connectivity index (χ2n) is 3.81. The Kier molecular flexibility index (Phi) is 5.50. The average molecular weight is 280 g/mol. The molecule has 1 N–H and O–H groups in total. The van der Waals surface area contributed by atoms with Gasteiger partial charge in [0.05, 0.1) is 10.5 Å². The van der Waals surface area contributed by atoms with Crippen LogP contribution in [0.3, 0.4) is 0 Å². The molecule has 0 unspecified atom stereocenters. The molecule has 0 aliphatic carbocycles. The molecule has 0 amide bonds. The molecule has 0 aromatic heterocycles. The van der Waals surface area contributed by atoms with Crippen molar-refractivity contribution >= 4 is 10.0 Å². The zero-order chi connectivity index (χ0) is 14.3. The lowest BCUT2D eigenvalue weighted by atomic mass is 10.2. The number of benzene rings is 1. The Labute approximate surface area is 112 Å². The standard InChI is InChI=1S/C13H13FN2O2S/c1-2-3-4-5-8-16-19(17,18)12-6-7-13(14)11(9-12)10-15/h1,6-7,9,16H,3-5,8H2. The zero-order valence-corrected chi connectivity index (χ0v) is 11.0. The molecule has 100 valence electrons. The van der Waals surface area contributed by atoms with Gasteiger partial charge in [0.15, 0.2) is 0 Å². The lowest BCUT2D eigenvalue weighted by molar-refractivity contribution is 0.576. The van der Waals surface area contributed by atoms with Crippen molar-refractivity contribution in [1.82, 2.24) is 4.72 Å². The number of rotatable bonds is 6. The predicted molar refractivity (Wildman–Crippen MR) is 69.0 cm³/mol. The molecule has 19 heavy (non-hydrogen) atoms. The molecule has 0 fully saturated rings. The molecule has 6 heteroatoms. The maximum absolute atomic E-state index is 13.1. The second kappa shape index (κ2) is 6.89. The van der Waals surface area contributed by atoms with Gasteiger partial charge in [0.2, 0.25) is 10.0 Å². The summed E-state index contributed by atoms with van der Waals surface area (Å²) in [4.78, 5) is -0.123. The third-order valence-electron chi connectivity index (χ3n) is 2.41. The summed E-state index contributed by atoms with van der Waals surface area (Å²) in [6.07, 6.45) is 7.02. The number of nitriles is 1. The fraction of sp³-hybridized carbons (Fsp3) is 0.308. The van der Waals surface area contributed by atoms with Crippen LogP contribution in [0.5, 0.6) is 0 Å². The summed E-state index contributed by atoms with van der Waals surface area (Å²) in [5.41, 5.74) is -0.296. The summed E-state index contributed by atoms with van der Waals surface area (Å²) < 4.78 is 39.2. The predicted octanol–water partition coefficient (Wildman–Crippen LogP) is 1.78. The van der Waals surface area contributed by atoms with Gasteiger partial charge >= 0.3 is 0 Å². The van der Waals surface area contributed by atoms with Crippen LogP contribution in [-0.4, -0.2) is 15.0 Å². The maximum atomic E-state index is 13.1. The first-order valence-corrected chi connectivity index (χ1v) is 7.12. The van der Waals surface area contributed by atoms with Crippen molar-refractivity contribution in [3.8, 4) is 18.4 Å². The molecule has 0 bridgehead atoms. The van der Waals surface area contributed by atoms with Crippen LogP contribution in [0, 0.1) is 29.5 Å². The first kappa shape index (κ1) is 15.2. The first-order chi connectivity index (χ1) is 9.01. The number of sulfonamides is 1.